The van der Waals surface area contributed by atoms with Gasteiger partial charge in [-0.3, -0.25) is 9.78 Å². The number of methoxy groups -OCH3 is 2. The van der Waals surface area contributed by atoms with Gasteiger partial charge in [-0.1, -0.05) is 19.9 Å². The second-order valence-electron chi connectivity index (χ2n) is 13.5. The quantitative estimate of drug-likeness (QED) is 0.224. The summed E-state index contributed by atoms with van der Waals surface area (Å²) in [5.74, 6) is 0.121. The van der Waals surface area contributed by atoms with Crippen molar-refractivity contribution in [2.75, 3.05) is 40.6 Å². The van der Waals surface area contributed by atoms with Crippen molar-refractivity contribution in [2.24, 2.45) is 11.3 Å². The molecule has 2 aromatic rings. The van der Waals surface area contributed by atoms with Gasteiger partial charge in [0.1, 0.15) is 5.75 Å². The maximum absolute atomic E-state index is 14.3. The van der Waals surface area contributed by atoms with E-state index >= 15 is 0 Å². The predicted molar refractivity (Wildman–Crippen MR) is 173 cm³/mol. The number of nitrogens with zero attached hydrogens (tertiary/aromatic N) is 2. The Morgan fingerprint density at radius 2 is 1.98 bits per heavy atom. The van der Waals surface area contributed by atoms with E-state index in [0.717, 1.165) is 19.3 Å². The first kappa shape index (κ1) is 36.1. The molecule has 1 saturated carbocycles. The maximum atomic E-state index is 14.3. The van der Waals surface area contributed by atoms with Crippen LogP contribution in [0.15, 0.2) is 30.3 Å². The molecule has 2 aliphatic heterocycles. The van der Waals surface area contributed by atoms with Gasteiger partial charge in [0.2, 0.25) is 5.91 Å². The van der Waals surface area contributed by atoms with Gasteiger partial charge in [0.15, 0.2) is 0 Å². The van der Waals surface area contributed by atoms with Crippen molar-refractivity contribution in [1.29, 1.82) is 0 Å². The lowest BCUT2D eigenvalue weighted by atomic mass is 9.74. The minimum absolute atomic E-state index is 0.0254. The molecule has 1 aromatic heterocycles. The van der Waals surface area contributed by atoms with Gasteiger partial charge in [0.05, 0.1) is 48.7 Å². The molecular formula is C36H48F3N3O6. The summed E-state index contributed by atoms with van der Waals surface area (Å²) in [6.45, 7) is 6.20. The van der Waals surface area contributed by atoms with Crippen LogP contribution in [0.4, 0.5) is 13.2 Å². The van der Waals surface area contributed by atoms with E-state index in [-0.39, 0.29) is 55.3 Å². The molecular weight excluding hydrogens is 627 g/mol. The number of alkyl halides is 3. The molecule has 3 heterocycles. The Hall–Kier alpha value is -3.22. The Labute approximate surface area is 280 Å². The van der Waals surface area contributed by atoms with E-state index in [9.17, 15) is 22.8 Å². The third-order valence-corrected chi connectivity index (χ3v) is 10.3. The molecule has 48 heavy (non-hydrogen) atoms. The summed E-state index contributed by atoms with van der Waals surface area (Å²) in [7, 11) is 2.99. The molecule has 5 rings (SSSR count). The Bertz CT molecular complexity index is 1440. The summed E-state index contributed by atoms with van der Waals surface area (Å²) in [5.41, 5.74) is 0.170. The number of hydrogen-bond acceptors (Lipinski definition) is 8. The first-order valence-electron chi connectivity index (χ1n) is 17.0. The minimum Gasteiger partial charge on any atom is -0.494 e. The highest BCUT2D eigenvalue weighted by Gasteiger charge is 2.50. The van der Waals surface area contributed by atoms with Crippen LogP contribution in [0, 0.1) is 11.3 Å². The Balaban J connectivity index is 1.22. The fourth-order valence-corrected chi connectivity index (χ4v) is 7.48. The first-order valence-corrected chi connectivity index (χ1v) is 17.0. The molecule has 0 unspecified atom stereocenters. The third-order valence-electron chi connectivity index (χ3n) is 10.3. The number of aryl methyl sites for hydroxylation is 1. The van der Waals surface area contributed by atoms with Crippen molar-refractivity contribution in [3.8, 4) is 5.75 Å². The zero-order valence-electron chi connectivity index (χ0n) is 28.4. The largest absolute Gasteiger partial charge is 0.494 e. The van der Waals surface area contributed by atoms with E-state index in [2.05, 4.69) is 24.1 Å². The number of carbonyl (C=O) groups excluding carboxylic acids is 2. The van der Waals surface area contributed by atoms with Crippen molar-refractivity contribution >= 4 is 11.9 Å². The molecule has 12 heteroatoms. The number of carbonyl (C=O) groups is 2. The smallest absolute Gasteiger partial charge is 0.418 e. The minimum atomic E-state index is -4.57. The number of hydrogen-bond donors (Lipinski definition) is 1. The molecule has 1 aromatic carbocycles. The van der Waals surface area contributed by atoms with E-state index in [1.54, 1.807) is 36.3 Å². The average molecular weight is 676 g/mol. The summed E-state index contributed by atoms with van der Waals surface area (Å²) in [4.78, 5) is 32.3. The van der Waals surface area contributed by atoms with Crippen LogP contribution in [0.25, 0.3) is 0 Å². The standard InChI is InChI=1S/C36H48F3N3O6/c1-23(2)35(14-11-26(20-35)40-31-13-17-47-22-32(31)45-3)34(44)42-15-12-29-25(21-42)19-28(36(37,38)39)30(41-29)10-5-6-16-48-27-9-7-8-24(18-27)33(43)46-4/h7-9,18-19,23,26,31-32,40H,5-6,10-17,20-22H2,1-4H3/t26-,31+,32-,35+/m1/s1. The molecule has 0 spiro atoms. The molecule has 1 N–H and O–H groups in total. The van der Waals surface area contributed by atoms with Crippen molar-refractivity contribution in [2.45, 2.75) is 96.1 Å². The van der Waals surface area contributed by atoms with Gasteiger partial charge in [0, 0.05) is 51.0 Å². The van der Waals surface area contributed by atoms with E-state index < -0.39 is 23.1 Å². The van der Waals surface area contributed by atoms with Crippen molar-refractivity contribution < 1.29 is 41.7 Å². The number of halogens is 3. The average Bonchev–Trinajstić information content (AvgIpc) is 3.52. The van der Waals surface area contributed by atoms with Crippen LogP contribution in [-0.2, 0) is 44.6 Å². The molecule has 1 aliphatic carbocycles. The van der Waals surface area contributed by atoms with E-state index in [0.29, 0.717) is 68.0 Å². The monoisotopic (exact) mass is 675 g/mol. The number of amides is 1. The molecule has 0 bridgehead atoms. The SMILES string of the molecule is COC(=O)c1cccc(OCCCCc2nc3c(cc2C(F)(F)F)CN(C(=O)[C@@]2(C(C)C)CC[C@@H](N[C@H]4CCOC[C@H]4OC)C2)CC3)c1. The number of fused-ring (bicyclic) bond motifs is 1. The molecule has 2 fully saturated rings. The van der Waals surface area contributed by atoms with E-state index in [1.165, 1.54) is 13.2 Å². The molecule has 1 amide bonds. The van der Waals surface area contributed by atoms with Crippen molar-refractivity contribution in [3.05, 3.63) is 58.4 Å². The highest BCUT2D eigenvalue weighted by molar-refractivity contribution is 5.89. The lowest BCUT2D eigenvalue weighted by molar-refractivity contribution is -0.146. The maximum Gasteiger partial charge on any atom is 0.418 e. The van der Waals surface area contributed by atoms with Crippen LogP contribution in [0.1, 0.15) is 85.2 Å². The number of esters is 1. The summed E-state index contributed by atoms with van der Waals surface area (Å²) in [6.07, 6.45) is 0.0414. The zero-order chi connectivity index (χ0) is 34.5. The Morgan fingerprint density at radius 1 is 1.17 bits per heavy atom. The number of unbranched alkanes of at least 4 members (excludes halogenated alkanes) is 1. The molecule has 0 radical (unpaired) electrons. The van der Waals surface area contributed by atoms with Crippen LogP contribution in [-0.4, -0.2) is 80.5 Å². The number of pyridine rings is 1. The lowest BCUT2D eigenvalue weighted by Crippen LogP contribution is -2.52. The predicted octanol–water partition coefficient (Wildman–Crippen LogP) is 5.76. The van der Waals surface area contributed by atoms with Gasteiger partial charge in [-0.25, -0.2) is 4.79 Å². The molecule has 9 nitrogen and oxygen atoms in total. The van der Waals surface area contributed by atoms with Crippen LogP contribution in [0.2, 0.25) is 0 Å². The van der Waals surface area contributed by atoms with Crippen molar-refractivity contribution in [3.63, 3.8) is 0 Å². The number of aromatic nitrogens is 1. The van der Waals surface area contributed by atoms with Gasteiger partial charge < -0.3 is 29.2 Å². The lowest BCUT2D eigenvalue weighted by Gasteiger charge is -2.40. The second-order valence-corrected chi connectivity index (χ2v) is 13.5. The van der Waals surface area contributed by atoms with Crippen molar-refractivity contribution in [1.82, 2.24) is 15.2 Å². The molecule has 4 atom stereocenters. The summed E-state index contributed by atoms with van der Waals surface area (Å²) >= 11 is 0. The Morgan fingerprint density at radius 3 is 2.71 bits per heavy atom. The van der Waals surface area contributed by atoms with Gasteiger partial charge >= 0.3 is 12.1 Å². The highest BCUT2D eigenvalue weighted by Crippen LogP contribution is 2.47. The van der Waals surface area contributed by atoms with Gasteiger partial charge in [-0.05, 0) is 80.7 Å². The summed E-state index contributed by atoms with van der Waals surface area (Å²) < 4.78 is 64.5. The molecule has 1 saturated heterocycles. The summed E-state index contributed by atoms with van der Waals surface area (Å²) in [5, 5.41) is 3.74. The van der Waals surface area contributed by atoms with Crippen LogP contribution < -0.4 is 10.1 Å². The number of nitrogens with one attached hydrogen (secondary N) is 1. The number of ether oxygens (including phenoxy) is 4. The normalized spacial score (nSPS) is 24.4. The highest BCUT2D eigenvalue weighted by atomic mass is 19.4. The van der Waals surface area contributed by atoms with Gasteiger partial charge in [-0.2, -0.15) is 13.2 Å². The van der Waals surface area contributed by atoms with Crippen LogP contribution >= 0.6 is 0 Å². The zero-order valence-corrected chi connectivity index (χ0v) is 28.4. The van der Waals surface area contributed by atoms with E-state index in [4.69, 9.17) is 18.9 Å². The summed E-state index contributed by atoms with van der Waals surface area (Å²) in [6, 6.07) is 8.11. The molecule has 264 valence electrons. The number of benzene rings is 1. The first-order chi connectivity index (χ1) is 22.9. The topological polar surface area (TPSA) is 99.2 Å². The Kier molecular flexibility index (Phi) is 11.7. The third kappa shape index (κ3) is 8.14. The molecule has 3 aliphatic rings. The number of rotatable bonds is 12. The van der Waals surface area contributed by atoms with Gasteiger partial charge in [-0.15, -0.1) is 0 Å². The van der Waals surface area contributed by atoms with E-state index in [1.807, 2.05) is 0 Å². The van der Waals surface area contributed by atoms with Gasteiger partial charge in [0.25, 0.3) is 0 Å². The fourth-order valence-electron chi connectivity index (χ4n) is 7.48. The van der Waals surface area contributed by atoms with Crippen LogP contribution in [0.5, 0.6) is 5.75 Å². The second kappa shape index (κ2) is 15.6. The fraction of sp³-hybridized carbons (Fsp3) is 0.639. The van der Waals surface area contributed by atoms with Crippen LogP contribution in [0.3, 0.4) is 0 Å².